The highest BCUT2D eigenvalue weighted by Crippen LogP contribution is 2.24. The van der Waals surface area contributed by atoms with E-state index in [0.29, 0.717) is 0 Å². The highest BCUT2D eigenvalue weighted by atomic mass is 32.2. The number of hydrogen-bond donors (Lipinski definition) is 1. The van der Waals surface area contributed by atoms with E-state index in [4.69, 9.17) is 9.29 Å². The van der Waals surface area contributed by atoms with Crippen LogP contribution in [0.3, 0.4) is 0 Å². The van der Waals surface area contributed by atoms with E-state index in [0.717, 1.165) is 5.57 Å². The van der Waals surface area contributed by atoms with Gasteiger partial charge >= 0.3 is 5.97 Å². The van der Waals surface area contributed by atoms with Crippen LogP contribution in [-0.2, 0) is 19.6 Å². The second-order valence-corrected chi connectivity index (χ2v) is 6.70. The predicted molar refractivity (Wildman–Crippen MR) is 65.2 cm³/mol. The van der Waals surface area contributed by atoms with Crippen LogP contribution in [-0.4, -0.2) is 30.8 Å². The molecule has 0 heterocycles. The molecular formula is C11H20O5S. The van der Waals surface area contributed by atoms with Gasteiger partial charge in [-0.05, 0) is 19.9 Å². The highest BCUT2D eigenvalue weighted by Gasteiger charge is 2.27. The lowest BCUT2D eigenvalue weighted by atomic mass is 9.88. The summed E-state index contributed by atoms with van der Waals surface area (Å²) in [5, 5.41) is 0. The van der Waals surface area contributed by atoms with Gasteiger partial charge in [0.05, 0.1) is 0 Å². The van der Waals surface area contributed by atoms with Crippen molar-refractivity contribution in [2.45, 2.75) is 40.7 Å². The zero-order chi connectivity index (χ0) is 13.9. The first-order valence-corrected chi connectivity index (χ1v) is 6.82. The van der Waals surface area contributed by atoms with Gasteiger partial charge in [-0.15, -0.1) is 0 Å². The van der Waals surface area contributed by atoms with Crippen molar-refractivity contribution < 1.29 is 22.5 Å². The largest absolute Gasteiger partial charge is 0.457 e. The van der Waals surface area contributed by atoms with Crippen molar-refractivity contribution in [2.24, 2.45) is 5.41 Å². The zero-order valence-corrected chi connectivity index (χ0v) is 11.7. The molecule has 1 atom stereocenters. The monoisotopic (exact) mass is 264 g/mol. The Morgan fingerprint density at radius 2 is 1.82 bits per heavy atom. The van der Waals surface area contributed by atoms with Crippen LogP contribution in [0.4, 0.5) is 0 Å². The maximum absolute atomic E-state index is 11.3. The number of esters is 1. The second kappa shape index (κ2) is 5.64. The van der Waals surface area contributed by atoms with Gasteiger partial charge in [0.15, 0.2) is 5.75 Å². The fraction of sp³-hybridized carbons (Fsp3) is 0.727. The van der Waals surface area contributed by atoms with Crippen LogP contribution in [0.25, 0.3) is 0 Å². The SMILES string of the molecule is CC(C)=CC(OC(=O)CS(=O)(=O)O)C(C)(C)C. The average molecular weight is 264 g/mol. The van der Waals surface area contributed by atoms with Crippen molar-refractivity contribution >= 4 is 16.1 Å². The Morgan fingerprint density at radius 1 is 1.35 bits per heavy atom. The van der Waals surface area contributed by atoms with Crippen LogP contribution in [0.2, 0.25) is 0 Å². The maximum Gasteiger partial charge on any atom is 0.324 e. The molecule has 0 saturated carbocycles. The minimum absolute atomic E-state index is 0.341. The van der Waals surface area contributed by atoms with E-state index >= 15 is 0 Å². The average Bonchev–Trinajstić information content (AvgIpc) is 1.95. The number of carbonyl (C=O) groups excluding carboxylic acids is 1. The van der Waals surface area contributed by atoms with Crippen molar-refractivity contribution in [3.63, 3.8) is 0 Å². The summed E-state index contributed by atoms with van der Waals surface area (Å²) in [6.45, 7) is 9.33. The van der Waals surface area contributed by atoms with Crippen LogP contribution in [0.15, 0.2) is 11.6 Å². The molecule has 0 fully saturated rings. The van der Waals surface area contributed by atoms with Gasteiger partial charge in [0.1, 0.15) is 6.10 Å². The van der Waals surface area contributed by atoms with E-state index in [1.165, 1.54) is 0 Å². The summed E-state index contributed by atoms with van der Waals surface area (Å²) in [5.41, 5.74) is 0.621. The van der Waals surface area contributed by atoms with Gasteiger partial charge < -0.3 is 4.74 Å². The van der Waals surface area contributed by atoms with Crippen molar-refractivity contribution in [1.82, 2.24) is 0 Å². The van der Waals surface area contributed by atoms with E-state index in [1.807, 2.05) is 34.6 Å². The van der Waals surface area contributed by atoms with Crippen molar-refractivity contribution in [2.75, 3.05) is 5.75 Å². The van der Waals surface area contributed by atoms with Gasteiger partial charge in [-0.1, -0.05) is 26.3 Å². The summed E-state index contributed by atoms with van der Waals surface area (Å²) in [7, 11) is -4.34. The Bertz CT molecular complexity index is 396. The predicted octanol–water partition coefficient (Wildman–Crippen LogP) is 1.80. The minimum Gasteiger partial charge on any atom is -0.457 e. The topological polar surface area (TPSA) is 80.7 Å². The molecule has 0 aliphatic carbocycles. The number of allylic oxidation sites excluding steroid dienone is 1. The fourth-order valence-electron chi connectivity index (χ4n) is 1.09. The lowest BCUT2D eigenvalue weighted by Crippen LogP contribution is -2.32. The molecule has 100 valence electrons. The smallest absolute Gasteiger partial charge is 0.324 e. The van der Waals surface area contributed by atoms with Crippen LogP contribution in [0.5, 0.6) is 0 Å². The summed E-state index contributed by atoms with van der Waals surface area (Å²) < 4.78 is 34.7. The normalized spacial score (nSPS) is 14.0. The summed E-state index contributed by atoms with van der Waals surface area (Å²) in [4.78, 5) is 11.3. The van der Waals surface area contributed by atoms with E-state index in [-0.39, 0.29) is 5.41 Å². The van der Waals surface area contributed by atoms with Gasteiger partial charge in [-0.3, -0.25) is 9.35 Å². The zero-order valence-electron chi connectivity index (χ0n) is 10.9. The Hall–Kier alpha value is -0.880. The molecule has 5 nitrogen and oxygen atoms in total. The third-order valence-electron chi connectivity index (χ3n) is 1.90. The summed E-state index contributed by atoms with van der Waals surface area (Å²) >= 11 is 0. The number of ether oxygens (including phenoxy) is 1. The van der Waals surface area contributed by atoms with Crippen LogP contribution >= 0.6 is 0 Å². The minimum atomic E-state index is -4.34. The first kappa shape index (κ1) is 16.1. The molecule has 0 rings (SSSR count). The standard InChI is InChI=1S/C11H20O5S/c1-8(2)6-9(11(3,4)5)16-10(12)7-17(13,14)15/h6,9H,7H2,1-5H3,(H,13,14,15). The van der Waals surface area contributed by atoms with E-state index in [2.05, 4.69) is 0 Å². The Kier molecular flexibility index (Phi) is 5.35. The number of rotatable bonds is 4. The molecule has 0 saturated heterocycles. The van der Waals surface area contributed by atoms with Gasteiger partial charge in [-0.2, -0.15) is 8.42 Å². The molecule has 0 spiro atoms. The Labute approximate surface area is 103 Å². The van der Waals surface area contributed by atoms with Crippen LogP contribution in [0.1, 0.15) is 34.6 Å². The van der Waals surface area contributed by atoms with E-state index in [1.54, 1.807) is 6.08 Å². The maximum atomic E-state index is 11.3. The van der Waals surface area contributed by atoms with Gasteiger partial charge in [-0.25, -0.2) is 0 Å². The molecule has 0 radical (unpaired) electrons. The van der Waals surface area contributed by atoms with Crippen molar-refractivity contribution in [3.05, 3.63) is 11.6 Å². The number of hydrogen-bond acceptors (Lipinski definition) is 4. The Balaban J connectivity index is 4.79. The van der Waals surface area contributed by atoms with Gasteiger partial charge in [0, 0.05) is 5.41 Å². The summed E-state index contributed by atoms with van der Waals surface area (Å²) in [6, 6.07) is 0. The quantitative estimate of drug-likeness (QED) is 0.475. The fourth-order valence-corrected chi connectivity index (χ4v) is 1.45. The van der Waals surface area contributed by atoms with Gasteiger partial charge in [0.2, 0.25) is 0 Å². The molecule has 17 heavy (non-hydrogen) atoms. The lowest BCUT2D eigenvalue weighted by molar-refractivity contribution is -0.148. The molecule has 6 heteroatoms. The van der Waals surface area contributed by atoms with Crippen molar-refractivity contribution in [3.8, 4) is 0 Å². The lowest BCUT2D eigenvalue weighted by Gasteiger charge is -2.28. The van der Waals surface area contributed by atoms with Crippen molar-refractivity contribution in [1.29, 1.82) is 0 Å². The molecule has 0 aromatic rings. The molecule has 0 aromatic heterocycles. The number of carbonyl (C=O) groups is 1. The van der Waals surface area contributed by atoms with E-state index in [9.17, 15) is 13.2 Å². The summed E-state index contributed by atoms with van der Waals surface area (Å²) in [6.07, 6.45) is 1.23. The van der Waals surface area contributed by atoms with Crippen LogP contribution in [0, 0.1) is 5.41 Å². The molecule has 0 amide bonds. The third-order valence-corrected chi connectivity index (χ3v) is 2.50. The molecule has 0 aliphatic rings. The molecule has 1 N–H and O–H groups in total. The molecule has 0 aromatic carbocycles. The summed E-state index contributed by atoms with van der Waals surface area (Å²) in [5.74, 6) is -1.97. The highest BCUT2D eigenvalue weighted by molar-refractivity contribution is 7.86. The first-order chi connectivity index (χ1) is 7.42. The molecule has 1 unspecified atom stereocenters. The molecular weight excluding hydrogens is 244 g/mol. The third kappa shape index (κ3) is 7.93. The van der Waals surface area contributed by atoms with Gasteiger partial charge in [0.25, 0.3) is 10.1 Å². The second-order valence-electron chi connectivity index (χ2n) is 5.25. The molecule has 0 aliphatic heterocycles. The van der Waals surface area contributed by atoms with Crippen LogP contribution < -0.4 is 0 Å². The Morgan fingerprint density at radius 3 is 2.12 bits per heavy atom. The van der Waals surface area contributed by atoms with E-state index < -0.39 is 27.9 Å². The first-order valence-electron chi connectivity index (χ1n) is 5.21. The molecule has 0 bridgehead atoms.